The first kappa shape index (κ1) is 12.8. The molecule has 2 nitrogen and oxygen atoms in total. The van der Waals surface area contributed by atoms with Crippen molar-refractivity contribution in [1.82, 2.24) is 4.98 Å². The zero-order valence-corrected chi connectivity index (χ0v) is 11.5. The highest BCUT2D eigenvalue weighted by Gasteiger charge is 2.13. The van der Waals surface area contributed by atoms with E-state index < -0.39 is 6.10 Å². The summed E-state index contributed by atoms with van der Waals surface area (Å²) < 4.78 is 0. The molecule has 3 rings (SSSR count). The maximum atomic E-state index is 10.6. The van der Waals surface area contributed by atoms with Gasteiger partial charge in [-0.3, -0.25) is 4.98 Å². The van der Waals surface area contributed by atoms with Crippen LogP contribution in [0.1, 0.15) is 29.7 Å². The lowest BCUT2D eigenvalue weighted by Crippen LogP contribution is -2.01. The van der Waals surface area contributed by atoms with Crippen molar-refractivity contribution in [2.24, 2.45) is 0 Å². The van der Waals surface area contributed by atoms with Gasteiger partial charge in [0.25, 0.3) is 0 Å². The molecule has 100 valence electrons. The molecule has 1 atom stereocenters. The molecule has 0 radical (unpaired) electrons. The minimum absolute atomic E-state index is 0.639. The van der Waals surface area contributed by atoms with Gasteiger partial charge < -0.3 is 5.11 Å². The lowest BCUT2D eigenvalue weighted by atomic mass is 9.97. The van der Waals surface area contributed by atoms with Gasteiger partial charge in [0.05, 0.1) is 5.52 Å². The number of aliphatic hydroxyl groups is 1. The van der Waals surface area contributed by atoms with E-state index in [0.29, 0.717) is 0 Å². The molecule has 20 heavy (non-hydrogen) atoms. The minimum Gasteiger partial charge on any atom is -0.384 e. The summed E-state index contributed by atoms with van der Waals surface area (Å²) in [7, 11) is 0. The van der Waals surface area contributed by atoms with Crippen molar-refractivity contribution in [3.63, 3.8) is 0 Å². The molecule has 1 aromatic heterocycles. The standard InChI is InChI=1S/C18H17NO/c1-2-13-8-10-15(11-9-13)18(20)16-7-3-5-14-6-4-12-19-17(14)16/h3-12,18,20H,2H2,1H3. The third-order valence-electron chi connectivity index (χ3n) is 3.66. The molecule has 0 aliphatic rings. The first-order chi connectivity index (χ1) is 9.79. The van der Waals surface area contributed by atoms with Gasteiger partial charge in [-0.15, -0.1) is 0 Å². The number of hydrogen-bond donors (Lipinski definition) is 1. The molecule has 2 heteroatoms. The van der Waals surface area contributed by atoms with Crippen LogP contribution in [0.2, 0.25) is 0 Å². The van der Waals surface area contributed by atoms with E-state index in [1.807, 2.05) is 42.5 Å². The molecule has 0 spiro atoms. The van der Waals surface area contributed by atoms with Crippen molar-refractivity contribution in [1.29, 1.82) is 0 Å². The molecule has 0 bridgehead atoms. The molecule has 0 fully saturated rings. The van der Waals surface area contributed by atoms with Gasteiger partial charge >= 0.3 is 0 Å². The second kappa shape index (κ2) is 5.43. The Morgan fingerprint density at radius 2 is 1.75 bits per heavy atom. The van der Waals surface area contributed by atoms with Gasteiger partial charge in [-0.25, -0.2) is 0 Å². The van der Waals surface area contributed by atoms with Crippen molar-refractivity contribution in [2.75, 3.05) is 0 Å². The van der Waals surface area contributed by atoms with E-state index in [9.17, 15) is 5.11 Å². The normalized spacial score (nSPS) is 12.5. The summed E-state index contributed by atoms with van der Waals surface area (Å²) in [5, 5.41) is 11.7. The molecule has 2 aromatic carbocycles. The van der Waals surface area contributed by atoms with E-state index >= 15 is 0 Å². The lowest BCUT2D eigenvalue weighted by molar-refractivity contribution is 0.221. The number of aliphatic hydroxyl groups excluding tert-OH is 1. The summed E-state index contributed by atoms with van der Waals surface area (Å²) in [6, 6.07) is 18.0. The summed E-state index contributed by atoms with van der Waals surface area (Å²) in [5.74, 6) is 0. The fourth-order valence-electron chi connectivity index (χ4n) is 2.46. The van der Waals surface area contributed by atoms with Gasteiger partial charge in [-0.05, 0) is 23.6 Å². The number of aromatic nitrogens is 1. The first-order valence-corrected chi connectivity index (χ1v) is 6.90. The number of para-hydroxylation sites is 1. The maximum Gasteiger partial charge on any atom is 0.106 e. The zero-order valence-electron chi connectivity index (χ0n) is 11.5. The smallest absolute Gasteiger partial charge is 0.106 e. The monoisotopic (exact) mass is 263 g/mol. The van der Waals surface area contributed by atoms with E-state index in [2.05, 4.69) is 24.0 Å². The lowest BCUT2D eigenvalue weighted by Gasteiger charge is -2.14. The van der Waals surface area contributed by atoms with Crippen LogP contribution in [0.15, 0.2) is 60.8 Å². The van der Waals surface area contributed by atoms with E-state index in [0.717, 1.165) is 28.5 Å². The molecule has 0 amide bonds. The predicted molar refractivity (Wildman–Crippen MR) is 81.6 cm³/mol. The third kappa shape index (κ3) is 2.30. The van der Waals surface area contributed by atoms with Crippen molar-refractivity contribution >= 4 is 10.9 Å². The minimum atomic E-state index is -0.639. The molecule has 3 aromatic rings. The average molecular weight is 263 g/mol. The Morgan fingerprint density at radius 1 is 1.00 bits per heavy atom. The average Bonchev–Trinajstić information content (AvgIpc) is 2.54. The second-order valence-corrected chi connectivity index (χ2v) is 4.92. The summed E-state index contributed by atoms with van der Waals surface area (Å²) >= 11 is 0. The molecule has 1 N–H and O–H groups in total. The molecule has 1 heterocycles. The van der Waals surface area contributed by atoms with Gasteiger partial charge in [-0.1, -0.05) is 55.5 Å². The Labute approximate surface area is 118 Å². The quantitative estimate of drug-likeness (QED) is 0.778. The van der Waals surface area contributed by atoms with Gasteiger partial charge in [0.15, 0.2) is 0 Å². The Hall–Kier alpha value is -2.19. The SMILES string of the molecule is CCc1ccc(C(O)c2cccc3cccnc23)cc1. The fourth-order valence-corrected chi connectivity index (χ4v) is 2.46. The highest BCUT2D eigenvalue weighted by Crippen LogP contribution is 2.27. The van der Waals surface area contributed by atoms with Crippen molar-refractivity contribution in [2.45, 2.75) is 19.4 Å². The predicted octanol–water partition coefficient (Wildman–Crippen LogP) is 3.88. The molecular formula is C18H17NO. The zero-order chi connectivity index (χ0) is 13.9. The topological polar surface area (TPSA) is 33.1 Å². The van der Waals surface area contributed by atoms with Crippen LogP contribution in [0.4, 0.5) is 0 Å². The van der Waals surface area contributed by atoms with Crippen LogP contribution in [0.5, 0.6) is 0 Å². The molecule has 1 unspecified atom stereocenters. The molecule has 0 saturated heterocycles. The van der Waals surface area contributed by atoms with Crippen LogP contribution in [-0.2, 0) is 6.42 Å². The number of fused-ring (bicyclic) bond motifs is 1. The molecular weight excluding hydrogens is 246 g/mol. The largest absolute Gasteiger partial charge is 0.384 e. The van der Waals surface area contributed by atoms with E-state index in [1.54, 1.807) is 6.20 Å². The van der Waals surface area contributed by atoms with Crippen LogP contribution >= 0.6 is 0 Å². The van der Waals surface area contributed by atoms with Crippen LogP contribution < -0.4 is 0 Å². The maximum absolute atomic E-state index is 10.6. The van der Waals surface area contributed by atoms with Gasteiger partial charge in [0.1, 0.15) is 6.10 Å². The number of aryl methyl sites for hydroxylation is 1. The van der Waals surface area contributed by atoms with E-state index in [4.69, 9.17) is 0 Å². The second-order valence-electron chi connectivity index (χ2n) is 4.92. The van der Waals surface area contributed by atoms with Crippen molar-refractivity contribution in [3.8, 4) is 0 Å². The third-order valence-corrected chi connectivity index (χ3v) is 3.66. The summed E-state index contributed by atoms with van der Waals surface area (Å²) in [4.78, 5) is 4.40. The highest BCUT2D eigenvalue weighted by molar-refractivity contribution is 5.82. The van der Waals surface area contributed by atoms with E-state index in [-0.39, 0.29) is 0 Å². The number of pyridine rings is 1. The Morgan fingerprint density at radius 3 is 2.50 bits per heavy atom. The number of hydrogen-bond acceptors (Lipinski definition) is 2. The summed E-state index contributed by atoms with van der Waals surface area (Å²) in [6.45, 7) is 2.13. The molecule has 0 saturated carbocycles. The van der Waals surface area contributed by atoms with Crippen molar-refractivity contribution < 1.29 is 5.11 Å². The number of benzene rings is 2. The highest BCUT2D eigenvalue weighted by atomic mass is 16.3. The van der Waals surface area contributed by atoms with Crippen LogP contribution in [0, 0.1) is 0 Å². The summed E-state index contributed by atoms with van der Waals surface area (Å²) in [5.41, 5.74) is 3.90. The van der Waals surface area contributed by atoms with E-state index in [1.165, 1.54) is 5.56 Å². The summed E-state index contributed by atoms with van der Waals surface area (Å²) in [6.07, 6.45) is 2.13. The Kier molecular flexibility index (Phi) is 3.48. The molecule has 0 aliphatic carbocycles. The van der Waals surface area contributed by atoms with Gasteiger partial charge in [0.2, 0.25) is 0 Å². The Bertz CT molecular complexity index is 714. The number of nitrogens with zero attached hydrogens (tertiary/aromatic N) is 1. The van der Waals surface area contributed by atoms with Crippen molar-refractivity contribution in [3.05, 3.63) is 77.5 Å². The van der Waals surface area contributed by atoms with Gasteiger partial charge in [-0.2, -0.15) is 0 Å². The van der Waals surface area contributed by atoms with Crippen LogP contribution in [0.3, 0.4) is 0 Å². The first-order valence-electron chi connectivity index (χ1n) is 6.90. The molecule has 0 aliphatic heterocycles. The number of rotatable bonds is 3. The fraction of sp³-hybridized carbons (Fsp3) is 0.167. The van der Waals surface area contributed by atoms with Crippen LogP contribution in [-0.4, -0.2) is 10.1 Å². The van der Waals surface area contributed by atoms with Crippen LogP contribution in [0.25, 0.3) is 10.9 Å². The Balaban J connectivity index is 2.05. The van der Waals surface area contributed by atoms with Gasteiger partial charge in [0, 0.05) is 17.1 Å².